The maximum atomic E-state index is 11.2. The number of nitrogens with zero attached hydrogens (tertiary/aromatic N) is 2. The third-order valence-corrected chi connectivity index (χ3v) is 5.32. The molecule has 0 radical (unpaired) electrons. The molecular formula is C15H20BrN3O2. The van der Waals surface area contributed by atoms with E-state index >= 15 is 0 Å². The maximum Gasteiger partial charge on any atom is 0.283 e. The molecule has 1 aromatic carbocycles. The van der Waals surface area contributed by atoms with E-state index in [1.807, 2.05) is 12.1 Å². The highest BCUT2D eigenvalue weighted by molar-refractivity contribution is 9.10. The lowest BCUT2D eigenvalue weighted by atomic mass is 9.76. The van der Waals surface area contributed by atoms with Gasteiger partial charge in [0.1, 0.15) is 0 Å². The van der Waals surface area contributed by atoms with Crippen LogP contribution in [0, 0.1) is 16.0 Å². The number of piperazine rings is 1. The molecule has 114 valence electrons. The van der Waals surface area contributed by atoms with Gasteiger partial charge in [0, 0.05) is 38.3 Å². The Bertz CT molecular complexity index is 528. The summed E-state index contributed by atoms with van der Waals surface area (Å²) in [5, 5.41) is 14.6. The zero-order valence-corrected chi connectivity index (χ0v) is 13.5. The summed E-state index contributed by atoms with van der Waals surface area (Å²) in [4.78, 5) is 13.4. The van der Waals surface area contributed by atoms with E-state index in [4.69, 9.17) is 0 Å². The summed E-state index contributed by atoms with van der Waals surface area (Å²) in [5.74, 6) is 0.642. The van der Waals surface area contributed by atoms with E-state index in [0.29, 0.717) is 16.4 Å². The normalized spacial score (nSPS) is 21.8. The van der Waals surface area contributed by atoms with Gasteiger partial charge < -0.3 is 5.32 Å². The van der Waals surface area contributed by atoms with Crippen LogP contribution in [0.3, 0.4) is 0 Å². The number of nitrogens with one attached hydrogen (secondary N) is 1. The number of benzene rings is 1. The zero-order chi connectivity index (χ0) is 14.8. The molecule has 1 aliphatic carbocycles. The van der Waals surface area contributed by atoms with Crippen molar-refractivity contribution in [1.29, 1.82) is 0 Å². The Morgan fingerprint density at radius 2 is 2.05 bits per heavy atom. The number of hydrogen-bond acceptors (Lipinski definition) is 4. The van der Waals surface area contributed by atoms with Gasteiger partial charge in [-0.2, -0.15) is 0 Å². The van der Waals surface area contributed by atoms with Crippen molar-refractivity contribution < 1.29 is 4.92 Å². The van der Waals surface area contributed by atoms with Crippen molar-refractivity contribution in [2.45, 2.75) is 25.3 Å². The van der Waals surface area contributed by atoms with Crippen molar-refractivity contribution in [3.05, 3.63) is 38.3 Å². The lowest BCUT2D eigenvalue weighted by Crippen LogP contribution is -2.47. The summed E-state index contributed by atoms with van der Waals surface area (Å²) in [6, 6.07) is 5.95. The summed E-state index contributed by atoms with van der Waals surface area (Å²) in [5.41, 5.74) is 1.27. The Morgan fingerprint density at radius 1 is 1.33 bits per heavy atom. The van der Waals surface area contributed by atoms with Crippen LogP contribution in [0.15, 0.2) is 22.7 Å². The molecule has 0 spiro atoms. The second kappa shape index (κ2) is 6.42. The van der Waals surface area contributed by atoms with Crippen LogP contribution in [0.2, 0.25) is 0 Å². The molecule has 1 atom stereocenters. The van der Waals surface area contributed by atoms with E-state index in [9.17, 15) is 10.1 Å². The Hall–Kier alpha value is -0.980. The van der Waals surface area contributed by atoms with Gasteiger partial charge in [0.25, 0.3) is 5.69 Å². The number of halogens is 1. The number of nitro groups is 1. The van der Waals surface area contributed by atoms with E-state index in [0.717, 1.165) is 31.7 Å². The fraction of sp³-hybridized carbons (Fsp3) is 0.600. The molecule has 2 aliphatic rings. The van der Waals surface area contributed by atoms with Crippen LogP contribution in [-0.4, -0.2) is 36.0 Å². The van der Waals surface area contributed by atoms with Crippen LogP contribution < -0.4 is 5.32 Å². The molecule has 0 amide bonds. The Morgan fingerprint density at radius 3 is 2.62 bits per heavy atom. The van der Waals surface area contributed by atoms with Crippen molar-refractivity contribution >= 4 is 21.6 Å². The fourth-order valence-electron chi connectivity index (χ4n) is 3.35. The van der Waals surface area contributed by atoms with Crippen LogP contribution in [0.1, 0.15) is 30.9 Å². The minimum absolute atomic E-state index is 0.173. The largest absolute Gasteiger partial charge is 0.314 e. The van der Waals surface area contributed by atoms with Gasteiger partial charge in [-0.05, 0) is 46.3 Å². The number of rotatable bonds is 4. The molecule has 0 bridgehead atoms. The first-order valence-electron chi connectivity index (χ1n) is 7.55. The van der Waals surface area contributed by atoms with Crippen molar-refractivity contribution in [2.75, 3.05) is 26.2 Å². The van der Waals surface area contributed by atoms with Gasteiger partial charge in [0.15, 0.2) is 0 Å². The van der Waals surface area contributed by atoms with Gasteiger partial charge in [-0.3, -0.25) is 15.0 Å². The zero-order valence-electron chi connectivity index (χ0n) is 11.9. The van der Waals surface area contributed by atoms with Crippen molar-refractivity contribution in [3.63, 3.8) is 0 Å². The molecule has 2 fully saturated rings. The highest BCUT2D eigenvalue weighted by Gasteiger charge is 2.34. The smallest absolute Gasteiger partial charge is 0.283 e. The molecule has 1 aliphatic heterocycles. The Balaban J connectivity index is 1.91. The van der Waals surface area contributed by atoms with E-state index < -0.39 is 0 Å². The molecular weight excluding hydrogens is 334 g/mol. The van der Waals surface area contributed by atoms with Gasteiger partial charge in [0.05, 0.1) is 9.40 Å². The van der Waals surface area contributed by atoms with Crippen molar-refractivity contribution in [2.24, 2.45) is 5.92 Å². The quantitative estimate of drug-likeness (QED) is 0.667. The van der Waals surface area contributed by atoms with Crippen molar-refractivity contribution in [1.82, 2.24) is 10.2 Å². The van der Waals surface area contributed by atoms with Gasteiger partial charge in [-0.15, -0.1) is 0 Å². The van der Waals surface area contributed by atoms with Gasteiger partial charge in [0.2, 0.25) is 0 Å². The molecule has 3 rings (SSSR count). The molecule has 5 nitrogen and oxygen atoms in total. The maximum absolute atomic E-state index is 11.2. The number of nitro benzene ring substituents is 1. The molecule has 1 saturated heterocycles. The van der Waals surface area contributed by atoms with E-state index in [1.54, 1.807) is 6.07 Å². The third-order valence-electron chi connectivity index (χ3n) is 4.65. The second-order valence-electron chi connectivity index (χ2n) is 5.89. The van der Waals surface area contributed by atoms with Gasteiger partial charge in [-0.1, -0.05) is 12.5 Å². The highest BCUT2D eigenvalue weighted by atomic mass is 79.9. The van der Waals surface area contributed by atoms with Crippen LogP contribution >= 0.6 is 15.9 Å². The lowest BCUT2D eigenvalue weighted by Gasteiger charge is -2.43. The first-order valence-corrected chi connectivity index (χ1v) is 8.35. The molecule has 1 saturated carbocycles. The summed E-state index contributed by atoms with van der Waals surface area (Å²) in [6.45, 7) is 4.04. The van der Waals surface area contributed by atoms with Crippen LogP contribution in [0.25, 0.3) is 0 Å². The van der Waals surface area contributed by atoms with Gasteiger partial charge in [-0.25, -0.2) is 0 Å². The topological polar surface area (TPSA) is 58.4 Å². The molecule has 6 heteroatoms. The van der Waals surface area contributed by atoms with Crippen LogP contribution in [0.5, 0.6) is 0 Å². The SMILES string of the molecule is O=[N+]([O-])c1cc([C@@H](C2CCC2)N2CCNCC2)ccc1Br. The third kappa shape index (κ3) is 3.12. The minimum atomic E-state index is -0.302. The van der Waals surface area contributed by atoms with E-state index in [2.05, 4.69) is 26.1 Å². The Kier molecular flexibility index (Phi) is 4.57. The summed E-state index contributed by atoms with van der Waals surface area (Å²) < 4.78 is 0.559. The summed E-state index contributed by atoms with van der Waals surface area (Å²) in [7, 11) is 0. The minimum Gasteiger partial charge on any atom is -0.314 e. The van der Waals surface area contributed by atoms with E-state index in [-0.39, 0.29) is 10.6 Å². The highest BCUT2D eigenvalue weighted by Crippen LogP contribution is 2.42. The summed E-state index contributed by atoms with van der Waals surface area (Å²) in [6.07, 6.45) is 3.75. The molecule has 1 heterocycles. The predicted octanol–water partition coefficient (Wildman–Crippen LogP) is 3.10. The monoisotopic (exact) mass is 353 g/mol. The molecule has 1 N–H and O–H groups in total. The summed E-state index contributed by atoms with van der Waals surface area (Å²) >= 11 is 3.28. The Labute approximate surface area is 133 Å². The molecule has 0 aromatic heterocycles. The van der Waals surface area contributed by atoms with Crippen LogP contribution in [0.4, 0.5) is 5.69 Å². The molecule has 21 heavy (non-hydrogen) atoms. The fourth-order valence-corrected chi connectivity index (χ4v) is 3.74. The predicted molar refractivity (Wildman–Crippen MR) is 85.3 cm³/mol. The number of hydrogen-bond donors (Lipinski definition) is 1. The van der Waals surface area contributed by atoms with Gasteiger partial charge >= 0.3 is 0 Å². The average molecular weight is 354 g/mol. The standard InChI is InChI=1S/C15H20BrN3O2/c16-13-5-4-12(10-14(13)19(20)21)15(11-2-1-3-11)18-8-6-17-7-9-18/h4-5,10-11,15,17H,1-3,6-9H2/t15-/m1/s1. The average Bonchev–Trinajstić information content (AvgIpc) is 2.44. The van der Waals surface area contributed by atoms with Crippen molar-refractivity contribution in [3.8, 4) is 0 Å². The molecule has 1 aromatic rings. The van der Waals surface area contributed by atoms with Crippen LogP contribution in [-0.2, 0) is 0 Å². The van der Waals surface area contributed by atoms with E-state index in [1.165, 1.54) is 19.3 Å². The first kappa shape index (κ1) is 14.9. The second-order valence-corrected chi connectivity index (χ2v) is 6.74. The lowest BCUT2D eigenvalue weighted by molar-refractivity contribution is -0.385. The first-order chi connectivity index (χ1) is 10.2. The molecule has 0 unspecified atom stereocenters.